The average Bonchev–Trinajstić information content (AvgIpc) is 2.76. The van der Waals surface area contributed by atoms with E-state index in [-0.39, 0.29) is 35.8 Å². The van der Waals surface area contributed by atoms with Crippen LogP contribution in [0.25, 0.3) is 0 Å². The number of hydrogen-bond donors (Lipinski definition) is 2. The van der Waals surface area contributed by atoms with Crippen molar-refractivity contribution < 1.29 is 23.1 Å². The molecule has 2 aliphatic heterocycles. The molecule has 0 aromatic carbocycles. The number of carboxylic acid groups (broad SMARTS) is 1. The number of nitrogens with one attached hydrogen (secondary N) is 1. The average molecular weight is 318 g/mol. The van der Waals surface area contributed by atoms with Gasteiger partial charge in [0, 0.05) is 26.1 Å². The van der Waals surface area contributed by atoms with Crippen LogP contribution in [-0.4, -0.2) is 61.6 Å². The molecule has 0 radical (unpaired) electrons. The van der Waals surface area contributed by atoms with E-state index in [1.54, 1.807) is 4.90 Å². The van der Waals surface area contributed by atoms with Crippen LogP contribution in [0.4, 0.5) is 4.79 Å². The summed E-state index contributed by atoms with van der Waals surface area (Å²) >= 11 is 0. The van der Waals surface area contributed by atoms with Gasteiger partial charge in [0.25, 0.3) is 0 Å². The molecule has 2 aliphatic rings. The van der Waals surface area contributed by atoms with Crippen LogP contribution < -0.4 is 5.32 Å². The Balaban J connectivity index is 1.69. The van der Waals surface area contributed by atoms with Crippen LogP contribution in [0.1, 0.15) is 25.7 Å². The maximum atomic E-state index is 12.0. The van der Waals surface area contributed by atoms with E-state index in [1.165, 1.54) is 0 Å². The summed E-state index contributed by atoms with van der Waals surface area (Å²) in [6.07, 6.45) is 2.19. The molecule has 0 aromatic heterocycles. The molecule has 2 N–H and O–H groups in total. The number of urea groups is 1. The van der Waals surface area contributed by atoms with Gasteiger partial charge in [-0.25, -0.2) is 13.2 Å². The minimum Gasteiger partial charge on any atom is -0.481 e. The van der Waals surface area contributed by atoms with Gasteiger partial charge in [0.15, 0.2) is 9.84 Å². The molecule has 0 aromatic rings. The van der Waals surface area contributed by atoms with Crippen LogP contribution >= 0.6 is 0 Å². The molecule has 0 saturated carbocycles. The topological polar surface area (TPSA) is 104 Å². The zero-order valence-corrected chi connectivity index (χ0v) is 12.8. The van der Waals surface area contributed by atoms with Crippen LogP contribution in [0, 0.1) is 11.8 Å². The summed E-state index contributed by atoms with van der Waals surface area (Å²) in [6, 6.07) is -0.173. The van der Waals surface area contributed by atoms with E-state index in [0.29, 0.717) is 38.9 Å². The summed E-state index contributed by atoms with van der Waals surface area (Å²) in [5, 5.41) is 11.5. The fourth-order valence-corrected chi connectivity index (χ4v) is 4.83. The lowest BCUT2D eigenvalue weighted by molar-refractivity contribution is -0.138. The van der Waals surface area contributed by atoms with Crippen molar-refractivity contribution in [2.45, 2.75) is 25.7 Å². The van der Waals surface area contributed by atoms with Crippen molar-refractivity contribution in [2.24, 2.45) is 11.8 Å². The van der Waals surface area contributed by atoms with E-state index in [1.807, 2.05) is 0 Å². The smallest absolute Gasteiger partial charge is 0.317 e. The van der Waals surface area contributed by atoms with Gasteiger partial charge in [0.05, 0.1) is 11.5 Å². The number of nitrogens with zero attached hydrogens (tertiary/aromatic N) is 1. The SMILES string of the molecule is O=C(O)CC1CCN(C(=O)NCC2CCS(=O)(=O)C2)CC1. The maximum Gasteiger partial charge on any atom is 0.317 e. The fraction of sp³-hybridized carbons (Fsp3) is 0.846. The number of carboxylic acids is 1. The number of sulfone groups is 1. The third kappa shape index (κ3) is 4.87. The number of rotatable bonds is 4. The van der Waals surface area contributed by atoms with E-state index >= 15 is 0 Å². The number of aliphatic carboxylic acids is 1. The Labute approximate surface area is 124 Å². The molecular formula is C13H22N2O5S. The van der Waals surface area contributed by atoms with Gasteiger partial charge in [-0.2, -0.15) is 0 Å². The molecule has 0 spiro atoms. The molecule has 2 amide bonds. The molecule has 1 atom stereocenters. The standard InChI is InChI=1S/C13H22N2O5S/c16-12(17)7-10-1-4-15(5-2-10)13(18)14-8-11-3-6-21(19,20)9-11/h10-11H,1-9H2,(H,14,18)(H,16,17). The van der Waals surface area contributed by atoms with Crippen LogP contribution in [0.15, 0.2) is 0 Å². The quantitative estimate of drug-likeness (QED) is 0.777. The van der Waals surface area contributed by atoms with Crippen molar-refractivity contribution in [3.63, 3.8) is 0 Å². The molecule has 8 heteroatoms. The fourth-order valence-electron chi connectivity index (χ4n) is 2.96. The highest BCUT2D eigenvalue weighted by atomic mass is 32.2. The number of amides is 2. The first-order valence-corrected chi connectivity index (χ1v) is 9.13. The first kappa shape index (κ1) is 16.1. The van der Waals surface area contributed by atoms with E-state index in [4.69, 9.17) is 5.11 Å². The van der Waals surface area contributed by atoms with Gasteiger partial charge in [-0.15, -0.1) is 0 Å². The Kier molecular flexibility index (Phi) is 5.08. The lowest BCUT2D eigenvalue weighted by atomic mass is 9.94. The normalized spacial score (nSPS) is 25.7. The first-order chi connectivity index (χ1) is 9.85. The second-order valence-corrected chi connectivity index (χ2v) is 8.21. The number of carbonyl (C=O) groups is 2. The van der Waals surface area contributed by atoms with Crippen LogP contribution in [-0.2, 0) is 14.6 Å². The van der Waals surface area contributed by atoms with Gasteiger partial charge in [-0.1, -0.05) is 0 Å². The largest absolute Gasteiger partial charge is 0.481 e. The van der Waals surface area contributed by atoms with Crippen molar-refractivity contribution in [3.05, 3.63) is 0 Å². The molecule has 2 saturated heterocycles. The van der Waals surface area contributed by atoms with E-state index in [2.05, 4.69) is 5.32 Å². The summed E-state index contributed by atoms with van der Waals surface area (Å²) < 4.78 is 22.7. The van der Waals surface area contributed by atoms with Gasteiger partial charge >= 0.3 is 12.0 Å². The van der Waals surface area contributed by atoms with Gasteiger partial charge in [-0.3, -0.25) is 4.79 Å². The summed E-state index contributed by atoms with van der Waals surface area (Å²) in [7, 11) is -2.91. The molecule has 2 rings (SSSR count). The Morgan fingerprint density at radius 3 is 2.33 bits per heavy atom. The number of carbonyl (C=O) groups excluding carboxylic acids is 1. The van der Waals surface area contributed by atoms with Crippen molar-refractivity contribution in [3.8, 4) is 0 Å². The third-order valence-corrected chi connectivity index (χ3v) is 6.07. The number of likely N-dealkylation sites (tertiary alicyclic amines) is 1. The van der Waals surface area contributed by atoms with E-state index in [9.17, 15) is 18.0 Å². The molecule has 0 aliphatic carbocycles. The summed E-state index contributed by atoms with van der Waals surface area (Å²) in [4.78, 5) is 24.3. The van der Waals surface area contributed by atoms with Crippen molar-refractivity contribution >= 4 is 21.8 Å². The summed E-state index contributed by atoms with van der Waals surface area (Å²) in [5.74, 6) is -0.252. The minimum atomic E-state index is -2.91. The van der Waals surface area contributed by atoms with Gasteiger partial charge in [0.2, 0.25) is 0 Å². The molecular weight excluding hydrogens is 296 g/mol. The Bertz CT molecular complexity index is 497. The zero-order valence-electron chi connectivity index (χ0n) is 12.0. The highest BCUT2D eigenvalue weighted by Gasteiger charge is 2.29. The maximum absolute atomic E-state index is 12.0. The molecule has 0 bridgehead atoms. The van der Waals surface area contributed by atoms with Gasteiger partial charge in [-0.05, 0) is 31.1 Å². The molecule has 7 nitrogen and oxygen atoms in total. The van der Waals surface area contributed by atoms with Gasteiger partial charge in [0.1, 0.15) is 0 Å². The second-order valence-electron chi connectivity index (χ2n) is 5.98. The van der Waals surface area contributed by atoms with Crippen molar-refractivity contribution in [1.82, 2.24) is 10.2 Å². The Morgan fingerprint density at radius 1 is 1.14 bits per heavy atom. The molecule has 21 heavy (non-hydrogen) atoms. The first-order valence-electron chi connectivity index (χ1n) is 7.31. The van der Waals surface area contributed by atoms with Gasteiger partial charge < -0.3 is 15.3 Å². The minimum absolute atomic E-state index is 0.0171. The zero-order chi connectivity index (χ0) is 15.5. The highest BCUT2D eigenvalue weighted by molar-refractivity contribution is 7.91. The molecule has 1 unspecified atom stereocenters. The van der Waals surface area contributed by atoms with Crippen LogP contribution in [0.3, 0.4) is 0 Å². The van der Waals surface area contributed by atoms with Crippen molar-refractivity contribution in [2.75, 3.05) is 31.1 Å². The Morgan fingerprint density at radius 2 is 1.81 bits per heavy atom. The lowest BCUT2D eigenvalue weighted by Gasteiger charge is -2.31. The third-order valence-electron chi connectivity index (χ3n) is 4.23. The lowest BCUT2D eigenvalue weighted by Crippen LogP contribution is -2.46. The van der Waals surface area contributed by atoms with Crippen molar-refractivity contribution in [1.29, 1.82) is 0 Å². The number of hydrogen-bond acceptors (Lipinski definition) is 4. The van der Waals surface area contributed by atoms with E-state index < -0.39 is 15.8 Å². The highest BCUT2D eigenvalue weighted by Crippen LogP contribution is 2.21. The monoisotopic (exact) mass is 318 g/mol. The van der Waals surface area contributed by atoms with Crippen LogP contribution in [0.2, 0.25) is 0 Å². The second kappa shape index (κ2) is 6.64. The summed E-state index contributed by atoms with van der Waals surface area (Å²) in [6.45, 7) is 1.52. The molecule has 2 heterocycles. The number of piperidine rings is 1. The van der Waals surface area contributed by atoms with E-state index in [0.717, 1.165) is 0 Å². The molecule has 2 fully saturated rings. The predicted molar refractivity (Wildman–Crippen MR) is 76.7 cm³/mol. The molecule has 120 valence electrons. The van der Waals surface area contributed by atoms with Crippen LogP contribution in [0.5, 0.6) is 0 Å². The summed E-state index contributed by atoms with van der Waals surface area (Å²) in [5.41, 5.74) is 0. The predicted octanol–water partition coefficient (Wildman–Crippen LogP) is 0.317. The Hall–Kier alpha value is -1.31.